The molecule has 0 aromatic carbocycles. The smallest absolute Gasteiger partial charge is 0.462 e. The van der Waals surface area contributed by atoms with Crippen LogP contribution in [0.1, 0.15) is 426 Å². The summed E-state index contributed by atoms with van der Waals surface area (Å²) in [6.07, 6.45) is 73.0. The van der Waals surface area contributed by atoms with Gasteiger partial charge in [-0.3, -0.25) is 37.3 Å². The number of unbranched alkanes of at least 4 members (excludes halogenated alkanes) is 53. The minimum Gasteiger partial charge on any atom is -0.462 e. The normalized spacial score (nSPS) is 13.9. The molecule has 0 aliphatic rings. The summed E-state index contributed by atoms with van der Waals surface area (Å²) in [5.74, 6) is -2.13. The zero-order valence-electron chi connectivity index (χ0n) is 66.1. The molecule has 0 aromatic heterocycles. The number of ether oxygens (including phenoxy) is 4. The Morgan fingerprint density at radius 3 is 0.716 bits per heavy atom. The van der Waals surface area contributed by atoms with Gasteiger partial charge in [-0.1, -0.05) is 373 Å². The molecular formula is C83H158O17P2. The quantitative estimate of drug-likeness (QED) is 0.0169. The molecule has 5 atom stereocenters. The van der Waals surface area contributed by atoms with Crippen molar-refractivity contribution in [3.8, 4) is 0 Å². The van der Waals surface area contributed by atoms with Crippen molar-refractivity contribution < 1.29 is 80.2 Å². The maximum Gasteiger partial charge on any atom is 0.472 e. The molecule has 17 nitrogen and oxygen atoms in total. The van der Waals surface area contributed by atoms with Crippen molar-refractivity contribution in [3.05, 3.63) is 24.3 Å². The van der Waals surface area contributed by atoms with Gasteiger partial charge in [0, 0.05) is 25.7 Å². The third-order valence-corrected chi connectivity index (χ3v) is 20.9. The van der Waals surface area contributed by atoms with Crippen LogP contribution in [0.25, 0.3) is 0 Å². The van der Waals surface area contributed by atoms with Crippen molar-refractivity contribution in [2.75, 3.05) is 39.6 Å². The summed E-state index contributed by atoms with van der Waals surface area (Å²) >= 11 is 0. The van der Waals surface area contributed by atoms with Crippen LogP contribution in [0.5, 0.6) is 0 Å². The van der Waals surface area contributed by atoms with Crippen LogP contribution in [0.15, 0.2) is 24.3 Å². The van der Waals surface area contributed by atoms with Crippen molar-refractivity contribution in [2.45, 2.75) is 444 Å². The Kier molecular flexibility index (Phi) is 74.9. The molecule has 0 fully saturated rings. The number of carbonyl (C=O) groups excluding carboxylic acids is 4. The fraction of sp³-hybridized carbons (Fsp3) is 0.904. The van der Waals surface area contributed by atoms with Gasteiger partial charge in [-0.05, 0) is 51.4 Å². The zero-order chi connectivity index (χ0) is 74.6. The molecule has 0 aliphatic carbocycles. The van der Waals surface area contributed by atoms with E-state index in [-0.39, 0.29) is 25.7 Å². The molecule has 3 N–H and O–H groups in total. The second kappa shape index (κ2) is 76.7. The molecular weight excluding hydrogens is 1330 g/mol. The van der Waals surface area contributed by atoms with Crippen molar-refractivity contribution in [3.63, 3.8) is 0 Å². The van der Waals surface area contributed by atoms with Crippen LogP contribution in [0.2, 0.25) is 0 Å². The molecule has 102 heavy (non-hydrogen) atoms. The van der Waals surface area contributed by atoms with Crippen LogP contribution in [-0.4, -0.2) is 96.7 Å². The minimum absolute atomic E-state index is 0.0858. The Balaban J connectivity index is 5.26. The van der Waals surface area contributed by atoms with E-state index in [2.05, 4.69) is 52.0 Å². The number of aliphatic hydroxyl groups is 1. The second-order valence-corrected chi connectivity index (χ2v) is 32.1. The highest BCUT2D eigenvalue weighted by atomic mass is 31.2. The van der Waals surface area contributed by atoms with E-state index in [1.54, 1.807) is 0 Å². The number of allylic oxidation sites excluding steroid dienone is 4. The molecule has 0 radical (unpaired) electrons. The number of rotatable bonds is 82. The molecule has 0 saturated carbocycles. The lowest BCUT2D eigenvalue weighted by Gasteiger charge is -2.21. The first-order valence-corrected chi connectivity index (χ1v) is 45.6. The van der Waals surface area contributed by atoms with Gasteiger partial charge in [-0.15, -0.1) is 0 Å². The van der Waals surface area contributed by atoms with Gasteiger partial charge in [0.05, 0.1) is 26.4 Å². The number of phosphoric acid groups is 2. The van der Waals surface area contributed by atoms with Crippen LogP contribution >= 0.6 is 15.6 Å². The fourth-order valence-corrected chi connectivity index (χ4v) is 14.0. The van der Waals surface area contributed by atoms with Crippen molar-refractivity contribution in [1.29, 1.82) is 0 Å². The van der Waals surface area contributed by atoms with Crippen LogP contribution in [0.4, 0.5) is 0 Å². The molecule has 0 spiro atoms. The van der Waals surface area contributed by atoms with Crippen LogP contribution in [0, 0.1) is 0 Å². The molecule has 2 unspecified atom stereocenters. The molecule has 0 aromatic rings. The predicted molar refractivity (Wildman–Crippen MR) is 418 cm³/mol. The Hall–Kier alpha value is -2.46. The summed E-state index contributed by atoms with van der Waals surface area (Å²) in [5, 5.41) is 10.6. The van der Waals surface area contributed by atoms with E-state index >= 15 is 0 Å². The number of esters is 4. The topological polar surface area (TPSA) is 237 Å². The van der Waals surface area contributed by atoms with E-state index in [1.165, 1.54) is 244 Å². The SMILES string of the molecule is CCCCCC/C=C\C=C/CCCCCCCC(=O)O[C@H](COC(=O)CCCCCCCCCCCC)COP(=O)(O)OC[C@H](O)COP(=O)(O)OC[C@@H](COC(=O)CCCCCCCCCCCCCCCCCCCC)OC(=O)CCCCCCCCCCCCCCCCCCCCC. The monoisotopic (exact) mass is 1490 g/mol. The maximum atomic E-state index is 13.1. The third-order valence-electron chi connectivity index (χ3n) is 19.0. The lowest BCUT2D eigenvalue weighted by atomic mass is 10.0. The van der Waals surface area contributed by atoms with E-state index in [9.17, 15) is 43.2 Å². The summed E-state index contributed by atoms with van der Waals surface area (Å²) in [7, 11) is -9.93. The summed E-state index contributed by atoms with van der Waals surface area (Å²) in [5.41, 5.74) is 0. The lowest BCUT2D eigenvalue weighted by molar-refractivity contribution is -0.161. The largest absolute Gasteiger partial charge is 0.472 e. The molecule has 0 rings (SSSR count). The lowest BCUT2D eigenvalue weighted by Crippen LogP contribution is -2.30. The number of hydrogen-bond donors (Lipinski definition) is 3. The highest BCUT2D eigenvalue weighted by molar-refractivity contribution is 7.47. The van der Waals surface area contributed by atoms with E-state index < -0.39 is 97.5 Å². The zero-order valence-corrected chi connectivity index (χ0v) is 67.9. The molecule has 0 amide bonds. The first kappa shape index (κ1) is 99.5. The highest BCUT2D eigenvalue weighted by Gasteiger charge is 2.30. The molecule has 0 heterocycles. The second-order valence-electron chi connectivity index (χ2n) is 29.2. The van der Waals surface area contributed by atoms with Crippen LogP contribution in [-0.2, 0) is 65.4 Å². The highest BCUT2D eigenvalue weighted by Crippen LogP contribution is 2.45. The summed E-state index contributed by atoms with van der Waals surface area (Å²) in [6.45, 7) is 4.96. The van der Waals surface area contributed by atoms with E-state index in [4.69, 9.17) is 37.0 Å². The van der Waals surface area contributed by atoms with E-state index in [0.29, 0.717) is 25.7 Å². The van der Waals surface area contributed by atoms with Crippen LogP contribution in [0.3, 0.4) is 0 Å². The van der Waals surface area contributed by atoms with Crippen molar-refractivity contribution in [2.24, 2.45) is 0 Å². The average Bonchev–Trinajstić information content (AvgIpc) is 0.918. The van der Waals surface area contributed by atoms with Gasteiger partial charge in [0.2, 0.25) is 0 Å². The van der Waals surface area contributed by atoms with Gasteiger partial charge >= 0.3 is 39.5 Å². The Morgan fingerprint density at radius 2 is 0.471 bits per heavy atom. The number of carbonyl (C=O) groups is 4. The average molecular weight is 1490 g/mol. The Morgan fingerprint density at radius 1 is 0.275 bits per heavy atom. The summed E-state index contributed by atoms with van der Waals surface area (Å²) < 4.78 is 68.7. The van der Waals surface area contributed by atoms with Gasteiger partial charge in [-0.25, -0.2) is 9.13 Å². The van der Waals surface area contributed by atoms with E-state index in [0.717, 1.165) is 103 Å². The van der Waals surface area contributed by atoms with Crippen LogP contribution < -0.4 is 0 Å². The summed E-state index contributed by atoms with van der Waals surface area (Å²) in [4.78, 5) is 73.1. The van der Waals surface area contributed by atoms with Gasteiger partial charge in [-0.2, -0.15) is 0 Å². The third kappa shape index (κ3) is 75.8. The van der Waals surface area contributed by atoms with Crippen molar-refractivity contribution in [1.82, 2.24) is 0 Å². The molecule has 0 saturated heterocycles. The van der Waals surface area contributed by atoms with Gasteiger partial charge in [0.1, 0.15) is 19.3 Å². The van der Waals surface area contributed by atoms with Gasteiger partial charge < -0.3 is 33.8 Å². The fourth-order valence-electron chi connectivity index (χ4n) is 12.5. The molecule has 0 aliphatic heterocycles. The Bertz CT molecular complexity index is 2020. The summed E-state index contributed by atoms with van der Waals surface area (Å²) in [6, 6.07) is 0. The molecule has 0 bridgehead atoms. The minimum atomic E-state index is -4.97. The first-order valence-electron chi connectivity index (χ1n) is 42.6. The van der Waals surface area contributed by atoms with Gasteiger partial charge in [0.25, 0.3) is 0 Å². The first-order chi connectivity index (χ1) is 49.7. The Labute approximate surface area is 624 Å². The maximum absolute atomic E-state index is 13.1. The van der Waals surface area contributed by atoms with E-state index in [1.807, 2.05) is 0 Å². The molecule has 19 heteroatoms. The number of aliphatic hydroxyl groups excluding tert-OH is 1. The van der Waals surface area contributed by atoms with Gasteiger partial charge in [0.15, 0.2) is 12.2 Å². The number of hydrogen-bond acceptors (Lipinski definition) is 15. The number of phosphoric ester groups is 2. The van der Waals surface area contributed by atoms with Crippen molar-refractivity contribution >= 4 is 39.5 Å². The predicted octanol–water partition coefficient (Wildman–Crippen LogP) is 24.9. The molecule has 602 valence electrons. The standard InChI is InChI=1S/C83H158O17P2/c1-5-9-13-17-21-25-29-32-35-37-39-41-44-47-50-54-58-62-66-70-83(88)100-79(74-94-81(86)68-64-60-56-52-48-45-43-40-38-36-33-30-26-22-18-14-10-6-2)76-98-102(91,92)96-72-77(84)71-95-101(89,90)97-75-78(73-93-80(85)67-63-59-55-51-28-24-20-16-12-8-4)99-82(87)69-65-61-57-53-49-46-42-34-31-27-23-19-15-11-7-3/h27,31,34,42,77-79,84H,5-26,28-30,32-33,35-41,43-76H2,1-4H3,(H,89,90)(H,91,92)/b31-27-,42-34-/t77-,78+,79+/m0/s1.